The van der Waals surface area contributed by atoms with E-state index >= 15 is 0 Å². The van der Waals surface area contributed by atoms with Crippen molar-refractivity contribution in [1.29, 1.82) is 0 Å². The Bertz CT molecular complexity index is 282. The van der Waals surface area contributed by atoms with Gasteiger partial charge in [0.25, 0.3) is 0 Å². The molecule has 3 atom stereocenters. The van der Waals surface area contributed by atoms with Crippen molar-refractivity contribution in [3.05, 3.63) is 0 Å². The van der Waals surface area contributed by atoms with Gasteiger partial charge in [0.15, 0.2) is 0 Å². The van der Waals surface area contributed by atoms with Crippen LogP contribution in [0.15, 0.2) is 0 Å². The van der Waals surface area contributed by atoms with E-state index in [0.717, 1.165) is 12.8 Å². The monoisotopic (exact) mass is 217 g/mol. The summed E-state index contributed by atoms with van der Waals surface area (Å²) in [5.74, 6) is -1.57. The van der Waals surface area contributed by atoms with E-state index in [1.165, 1.54) is 0 Å². The number of rotatable bonds is 3. The van der Waals surface area contributed by atoms with E-state index in [9.17, 15) is 14.3 Å². The van der Waals surface area contributed by atoms with Gasteiger partial charge < -0.3 is 10.2 Å². The molecule has 0 aromatic carbocycles. The maximum Gasteiger partial charge on any atom is 0.341 e. The summed E-state index contributed by atoms with van der Waals surface area (Å²) >= 11 is 0. The first-order chi connectivity index (χ1) is 6.94. The van der Waals surface area contributed by atoms with Crippen LogP contribution in [0, 0.1) is 0 Å². The summed E-state index contributed by atoms with van der Waals surface area (Å²) in [5.41, 5.74) is -1.70. The molecule has 2 rings (SSSR count). The molecule has 86 valence electrons. The lowest BCUT2D eigenvalue weighted by Crippen LogP contribution is -2.46. The van der Waals surface area contributed by atoms with Crippen molar-refractivity contribution in [2.24, 2.45) is 0 Å². The molecule has 5 heteroatoms. The van der Waals surface area contributed by atoms with E-state index in [2.05, 4.69) is 0 Å². The highest BCUT2D eigenvalue weighted by atomic mass is 19.1. The van der Waals surface area contributed by atoms with Gasteiger partial charge in [0, 0.05) is 18.6 Å². The highest BCUT2D eigenvalue weighted by molar-refractivity contribution is 5.74. The van der Waals surface area contributed by atoms with Gasteiger partial charge in [-0.1, -0.05) is 0 Å². The van der Waals surface area contributed by atoms with Gasteiger partial charge in [0.05, 0.1) is 0 Å². The highest BCUT2D eigenvalue weighted by Gasteiger charge is 2.52. The van der Waals surface area contributed by atoms with Crippen molar-refractivity contribution in [2.45, 2.75) is 50.0 Å². The van der Waals surface area contributed by atoms with E-state index in [1.54, 1.807) is 0 Å². The Labute approximate surface area is 87.7 Å². The smallest absolute Gasteiger partial charge is 0.341 e. The number of hydrogen-bond acceptors (Lipinski definition) is 3. The standard InChI is InChI=1S/C10H16FNO3/c1-6-4-10(15,8(11)9(13)14)5-12(6)7-2-3-7/h6-8,15H,2-5H2,1H3,(H,13,14). The fourth-order valence-corrected chi connectivity index (χ4v) is 2.47. The van der Waals surface area contributed by atoms with Gasteiger partial charge >= 0.3 is 5.97 Å². The molecule has 15 heavy (non-hydrogen) atoms. The van der Waals surface area contributed by atoms with Crippen LogP contribution in [0.25, 0.3) is 0 Å². The summed E-state index contributed by atoms with van der Waals surface area (Å²) in [7, 11) is 0. The predicted molar refractivity (Wildman–Crippen MR) is 51.3 cm³/mol. The van der Waals surface area contributed by atoms with Crippen LogP contribution in [0.4, 0.5) is 4.39 Å². The molecule has 1 saturated carbocycles. The van der Waals surface area contributed by atoms with E-state index in [0.29, 0.717) is 6.04 Å². The van der Waals surface area contributed by atoms with E-state index in [4.69, 9.17) is 5.11 Å². The van der Waals surface area contributed by atoms with Crippen molar-refractivity contribution in [1.82, 2.24) is 4.90 Å². The van der Waals surface area contributed by atoms with Crippen molar-refractivity contribution in [3.63, 3.8) is 0 Å². The lowest BCUT2D eigenvalue weighted by molar-refractivity contribution is -0.153. The van der Waals surface area contributed by atoms with Gasteiger partial charge in [-0.05, 0) is 26.2 Å². The first-order valence-corrected chi connectivity index (χ1v) is 5.29. The zero-order valence-electron chi connectivity index (χ0n) is 8.69. The second kappa shape index (κ2) is 3.42. The molecule has 2 aliphatic rings. The number of carbonyl (C=O) groups is 1. The summed E-state index contributed by atoms with van der Waals surface area (Å²) in [4.78, 5) is 12.6. The van der Waals surface area contributed by atoms with Gasteiger partial charge in [0.2, 0.25) is 6.17 Å². The summed E-state index contributed by atoms with van der Waals surface area (Å²) in [5, 5.41) is 18.5. The first kappa shape index (κ1) is 10.8. The Morgan fingerprint density at radius 3 is 2.67 bits per heavy atom. The van der Waals surface area contributed by atoms with Crippen LogP contribution in [0.3, 0.4) is 0 Å². The van der Waals surface area contributed by atoms with Crippen LogP contribution < -0.4 is 0 Å². The van der Waals surface area contributed by atoms with Crippen molar-refractivity contribution in [2.75, 3.05) is 6.54 Å². The van der Waals surface area contributed by atoms with Crippen LogP contribution >= 0.6 is 0 Å². The van der Waals surface area contributed by atoms with Gasteiger partial charge in [-0.2, -0.15) is 0 Å². The van der Waals surface area contributed by atoms with Gasteiger partial charge in [-0.25, -0.2) is 9.18 Å². The molecule has 0 spiro atoms. The lowest BCUT2D eigenvalue weighted by Gasteiger charge is -2.24. The van der Waals surface area contributed by atoms with Gasteiger partial charge in [-0.3, -0.25) is 4.90 Å². The molecule has 0 bridgehead atoms. The molecule has 1 saturated heterocycles. The molecule has 1 heterocycles. The largest absolute Gasteiger partial charge is 0.479 e. The third-order valence-corrected chi connectivity index (χ3v) is 3.38. The minimum absolute atomic E-state index is 0.0695. The Morgan fingerprint density at radius 2 is 2.20 bits per heavy atom. The number of β-amino-alcohol motifs (C(OH)–C–C–N with tert-alkyl or cyclic N) is 1. The van der Waals surface area contributed by atoms with Gasteiger partial charge in [-0.15, -0.1) is 0 Å². The van der Waals surface area contributed by atoms with Crippen LogP contribution in [-0.4, -0.2) is 51.5 Å². The number of hydrogen-bond donors (Lipinski definition) is 2. The zero-order chi connectivity index (χ0) is 11.2. The number of likely N-dealkylation sites (tertiary alicyclic amines) is 1. The molecule has 4 nitrogen and oxygen atoms in total. The third-order valence-electron chi connectivity index (χ3n) is 3.38. The highest BCUT2D eigenvalue weighted by Crippen LogP contribution is 2.39. The average molecular weight is 217 g/mol. The van der Waals surface area contributed by atoms with Crippen molar-refractivity contribution < 1.29 is 19.4 Å². The quantitative estimate of drug-likeness (QED) is 0.718. The van der Waals surface area contributed by atoms with Crippen LogP contribution in [0.5, 0.6) is 0 Å². The number of aliphatic hydroxyl groups is 1. The summed E-state index contributed by atoms with van der Waals surface area (Å²) in [6, 6.07) is 0.495. The normalized spacial score (nSPS) is 39.3. The lowest BCUT2D eigenvalue weighted by atomic mass is 9.95. The molecule has 2 N–H and O–H groups in total. The number of aliphatic carboxylic acids is 1. The molecular formula is C10H16FNO3. The Morgan fingerprint density at radius 1 is 1.60 bits per heavy atom. The predicted octanol–water partition coefficient (Wildman–Crippen LogP) is 0.397. The SMILES string of the molecule is CC1CC(O)(C(F)C(=O)O)CN1C1CC1. The summed E-state index contributed by atoms with van der Waals surface area (Å²) in [6.07, 6.45) is 0.176. The van der Waals surface area contributed by atoms with Crippen LogP contribution in [0.2, 0.25) is 0 Å². The minimum Gasteiger partial charge on any atom is -0.479 e. The molecule has 3 unspecified atom stereocenters. The van der Waals surface area contributed by atoms with Crippen LogP contribution in [0.1, 0.15) is 26.2 Å². The Hall–Kier alpha value is -0.680. The van der Waals surface area contributed by atoms with E-state index in [-0.39, 0.29) is 19.0 Å². The number of halogens is 1. The molecule has 1 aliphatic heterocycles. The fourth-order valence-electron chi connectivity index (χ4n) is 2.47. The topological polar surface area (TPSA) is 60.8 Å². The molecule has 2 fully saturated rings. The molecule has 0 aromatic rings. The third kappa shape index (κ3) is 1.86. The van der Waals surface area contributed by atoms with E-state index in [1.807, 2.05) is 11.8 Å². The number of carboxylic acid groups (broad SMARTS) is 1. The summed E-state index contributed by atoms with van der Waals surface area (Å²) < 4.78 is 13.4. The maximum absolute atomic E-state index is 13.4. The zero-order valence-corrected chi connectivity index (χ0v) is 8.69. The second-order valence-electron chi connectivity index (χ2n) is 4.76. The van der Waals surface area contributed by atoms with Crippen molar-refractivity contribution in [3.8, 4) is 0 Å². The first-order valence-electron chi connectivity index (χ1n) is 5.29. The van der Waals surface area contributed by atoms with Crippen LogP contribution in [-0.2, 0) is 4.79 Å². The number of alkyl halides is 1. The number of carboxylic acids is 1. The molecule has 1 aliphatic carbocycles. The molecule has 0 aromatic heterocycles. The fraction of sp³-hybridized carbons (Fsp3) is 0.900. The molecule has 0 radical (unpaired) electrons. The Balaban J connectivity index is 2.07. The molecule has 0 amide bonds. The average Bonchev–Trinajstić information content (AvgIpc) is 2.92. The minimum atomic E-state index is -2.18. The van der Waals surface area contributed by atoms with Crippen molar-refractivity contribution >= 4 is 5.97 Å². The van der Waals surface area contributed by atoms with Gasteiger partial charge in [0.1, 0.15) is 5.60 Å². The summed E-state index contributed by atoms with van der Waals surface area (Å²) in [6.45, 7) is 2.05. The molecular weight excluding hydrogens is 201 g/mol. The van der Waals surface area contributed by atoms with E-state index < -0.39 is 17.7 Å². The number of nitrogens with zero attached hydrogens (tertiary/aromatic N) is 1. The maximum atomic E-state index is 13.4. The second-order valence-corrected chi connectivity index (χ2v) is 4.76. The Kier molecular flexibility index (Phi) is 2.47.